The first-order chi connectivity index (χ1) is 8.89. The van der Waals surface area contributed by atoms with Crippen LogP contribution in [0.25, 0.3) is 0 Å². The number of nitrogens with zero attached hydrogens (tertiary/aromatic N) is 1. The Bertz CT molecular complexity index is 594. The molecule has 4 nitrogen and oxygen atoms in total. The smallest absolute Gasteiger partial charge is 0.294 e. The van der Waals surface area contributed by atoms with E-state index in [1.807, 2.05) is 24.3 Å². The number of carbonyl (C=O) groups excluding carboxylic acids is 1. The molecule has 0 aliphatic rings. The maximum atomic E-state index is 12.1. The summed E-state index contributed by atoms with van der Waals surface area (Å²) >= 11 is 0. The summed E-state index contributed by atoms with van der Waals surface area (Å²) in [7, 11) is 0. The second kappa shape index (κ2) is 4.88. The van der Waals surface area contributed by atoms with Crippen LogP contribution in [0.1, 0.15) is 42.5 Å². The average Bonchev–Trinajstić information content (AvgIpc) is 2.75. The number of amides is 1. The minimum Gasteiger partial charge on any atom is -0.351 e. The minimum atomic E-state index is -0.272. The molecule has 19 heavy (non-hydrogen) atoms. The molecular formula is C15H18N2O2. The fraction of sp³-hybridized carbons (Fsp3) is 0.333. The molecule has 1 amide bonds. The Balaban J connectivity index is 2.30. The number of carbonyl (C=O) groups is 1. The van der Waals surface area contributed by atoms with Gasteiger partial charge >= 0.3 is 0 Å². The van der Waals surface area contributed by atoms with Crippen molar-refractivity contribution in [3.8, 4) is 0 Å². The molecule has 0 bridgehead atoms. The quantitative estimate of drug-likeness (QED) is 0.896. The maximum Gasteiger partial charge on any atom is 0.294 e. The summed E-state index contributed by atoms with van der Waals surface area (Å²) < 4.78 is 4.96. The highest BCUT2D eigenvalue weighted by Gasteiger charge is 2.20. The van der Waals surface area contributed by atoms with Crippen LogP contribution in [-0.2, 0) is 5.41 Å². The zero-order chi connectivity index (χ0) is 14.0. The van der Waals surface area contributed by atoms with Crippen molar-refractivity contribution < 1.29 is 9.32 Å². The molecular weight excluding hydrogens is 240 g/mol. The largest absolute Gasteiger partial charge is 0.351 e. The average molecular weight is 258 g/mol. The van der Waals surface area contributed by atoms with E-state index in [-0.39, 0.29) is 17.1 Å². The number of aryl methyl sites for hydroxylation is 1. The van der Waals surface area contributed by atoms with E-state index in [1.165, 1.54) is 6.20 Å². The second-order valence-electron chi connectivity index (χ2n) is 5.59. The molecule has 0 fully saturated rings. The Kier molecular flexibility index (Phi) is 3.42. The molecule has 1 N–H and O–H groups in total. The van der Waals surface area contributed by atoms with Crippen LogP contribution in [-0.4, -0.2) is 11.1 Å². The monoisotopic (exact) mass is 258 g/mol. The lowest BCUT2D eigenvalue weighted by molar-refractivity contribution is 0.0987. The van der Waals surface area contributed by atoms with Crippen LogP contribution in [0.5, 0.6) is 0 Å². The zero-order valence-corrected chi connectivity index (χ0v) is 11.7. The van der Waals surface area contributed by atoms with Crippen LogP contribution in [0.2, 0.25) is 0 Å². The number of aromatic nitrogens is 1. The van der Waals surface area contributed by atoms with Gasteiger partial charge in [0.1, 0.15) is 0 Å². The molecule has 0 saturated heterocycles. The lowest BCUT2D eigenvalue weighted by atomic mass is 9.86. The Morgan fingerprint density at radius 1 is 1.26 bits per heavy atom. The number of hydrogen-bond acceptors (Lipinski definition) is 3. The molecule has 0 aliphatic heterocycles. The Labute approximate surface area is 112 Å². The molecule has 4 heteroatoms. The molecule has 2 rings (SSSR count). The summed E-state index contributed by atoms with van der Waals surface area (Å²) in [5.74, 6) is -0.0181. The van der Waals surface area contributed by atoms with E-state index in [1.54, 1.807) is 6.92 Å². The molecule has 1 aromatic carbocycles. The third-order valence-corrected chi connectivity index (χ3v) is 2.94. The van der Waals surface area contributed by atoms with Crippen LogP contribution in [0, 0.1) is 6.92 Å². The summed E-state index contributed by atoms with van der Waals surface area (Å²) in [5, 5.41) is 6.51. The van der Waals surface area contributed by atoms with Gasteiger partial charge in [-0.2, -0.15) is 0 Å². The summed E-state index contributed by atoms with van der Waals surface area (Å²) in [6.07, 6.45) is 1.53. The zero-order valence-electron chi connectivity index (χ0n) is 11.7. The lowest BCUT2D eigenvalue weighted by Gasteiger charge is -2.22. The van der Waals surface area contributed by atoms with E-state index in [0.29, 0.717) is 0 Å². The van der Waals surface area contributed by atoms with Gasteiger partial charge in [0.05, 0.1) is 6.20 Å². The van der Waals surface area contributed by atoms with E-state index in [2.05, 4.69) is 31.2 Å². The maximum absolute atomic E-state index is 12.1. The molecule has 0 unspecified atom stereocenters. The van der Waals surface area contributed by atoms with Gasteiger partial charge in [-0.15, -0.1) is 0 Å². The van der Waals surface area contributed by atoms with E-state index < -0.39 is 0 Å². The molecule has 0 saturated carbocycles. The third kappa shape index (κ3) is 2.84. The highest BCUT2D eigenvalue weighted by atomic mass is 16.5. The van der Waals surface area contributed by atoms with E-state index >= 15 is 0 Å². The Hall–Kier alpha value is -2.10. The molecule has 0 aliphatic carbocycles. The Morgan fingerprint density at radius 3 is 2.53 bits per heavy atom. The first-order valence-electron chi connectivity index (χ1n) is 6.22. The number of hydrogen-bond donors (Lipinski definition) is 1. The molecule has 1 heterocycles. The molecule has 1 aromatic heterocycles. The third-order valence-electron chi connectivity index (χ3n) is 2.94. The van der Waals surface area contributed by atoms with Gasteiger partial charge in [0.25, 0.3) is 5.91 Å². The number of nitrogens with one attached hydrogen (secondary N) is 1. The Morgan fingerprint density at radius 2 is 1.95 bits per heavy atom. The van der Waals surface area contributed by atoms with Crippen LogP contribution < -0.4 is 5.32 Å². The predicted octanol–water partition coefficient (Wildman–Crippen LogP) is 3.53. The second-order valence-corrected chi connectivity index (χ2v) is 5.59. The fourth-order valence-electron chi connectivity index (χ4n) is 1.93. The molecule has 0 spiro atoms. The highest BCUT2D eigenvalue weighted by molar-refractivity contribution is 6.03. The summed E-state index contributed by atoms with van der Waals surface area (Å²) in [6, 6.07) is 7.78. The van der Waals surface area contributed by atoms with E-state index in [0.717, 1.165) is 16.8 Å². The number of rotatable bonds is 2. The van der Waals surface area contributed by atoms with Gasteiger partial charge in [-0.1, -0.05) is 44.1 Å². The minimum absolute atomic E-state index is 0.0413. The van der Waals surface area contributed by atoms with Gasteiger partial charge in [0.2, 0.25) is 5.76 Å². The van der Waals surface area contributed by atoms with Gasteiger partial charge in [0.15, 0.2) is 0 Å². The molecule has 2 aromatic rings. The van der Waals surface area contributed by atoms with Crippen molar-refractivity contribution in [2.45, 2.75) is 33.1 Å². The summed E-state index contributed by atoms with van der Waals surface area (Å²) in [6.45, 7) is 8.12. The lowest BCUT2D eigenvalue weighted by Crippen LogP contribution is -2.18. The molecule has 0 radical (unpaired) electrons. The van der Waals surface area contributed by atoms with Gasteiger partial charge < -0.3 is 9.84 Å². The van der Waals surface area contributed by atoms with Gasteiger partial charge in [-0.05, 0) is 24.0 Å². The van der Waals surface area contributed by atoms with Crippen LogP contribution in [0.3, 0.4) is 0 Å². The van der Waals surface area contributed by atoms with Gasteiger partial charge in [0, 0.05) is 11.3 Å². The summed E-state index contributed by atoms with van der Waals surface area (Å²) in [4.78, 5) is 12.1. The first-order valence-corrected chi connectivity index (χ1v) is 6.22. The highest BCUT2D eigenvalue weighted by Crippen LogP contribution is 2.29. The fourth-order valence-corrected chi connectivity index (χ4v) is 1.93. The van der Waals surface area contributed by atoms with Crippen molar-refractivity contribution in [3.63, 3.8) is 0 Å². The topological polar surface area (TPSA) is 55.1 Å². The summed E-state index contributed by atoms with van der Waals surface area (Å²) in [5.41, 5.74) is 2.57. The SMILES string of the molecule is Cc1cnoc1C(=O)Nc1ccccc1C(C)(C)C. The van der Waals surface area contributed by atoms with Crippen molar-refractivity contribution in [3.05, 3.63) is 47.3 Å². The van der Waals surface area contributed by atoms with Crippen LogP contribution in [0.15, 0.2) is 35.0 Å². The van der Waals surface area contributed by atoms with Gasteiger partial charge in [-0.3, -0.25) is 4.79 Å². The van der Waals surface area contributed by atoms with Crippen molar-refractivity contribution in [1.82, 2.24) is 5.16 Å². The standard InChI is InChI=1S/C15H18N2O2/c1-10-9-16-19-13(10)14(18)17-12-8-6-5-7-11(12)15(2,3)4/h5-9H,1-4H3,(H,17,18). The van der Waals surface area contributed by atoms with Crippen molar-refractivity contribution in [1.29, 1.82) is 0 Å². The van der Waals surface area contributed by atoms with Crippen LogP contribution in [0.4, 0.5) is 5.69 Å². The van der Waals surface area contributed by atoms with Crippen molar-refractivity contribution in [2.75, 3.05) is 5.32 Å². The number of benzene rings is 1. The number of para-hydroxylation sites is 1. The first kappa shape index (κ1) is 13.3. The number of anilines is 1. The van der Waals surface area contributed by atoms with Crippen molar-refractivity contribution in [2.24, 2.45) is 0 Å². The van der Waals surface area contributed by atoms with Crippen LogP contribution >= 0.6 is 0 Å². The van der Waals surface area contributed by atoms with E-state index in [4.69, 9.17) is 4.52 Å². The van der Waals surface area contributed by atoms with Crippen molar-refractivity contribution >= 4 is 11.6 Å². The molecule has 0 atom stereocenters. The normalized spacial score (nSPS) is 11.4. The van der Waals surface area contributed by atoms with E-state index in [9.17, 15) is 4.79 Å². The van der Waals surface area contributed by atoms with Gasteiger partial charge in [-0.25, -0.2) is 0 Å². The predicted molar refractivity (Wildman–Crippen MR) is 74.3 cm³/mol. The molecule has 100 valence electrons.